The van der Waals surface area contributed by atoms with E-state index in [4.69, 9.17) is 14.2 Å². The lowest BCUT2D eigenvalue weighted by atomic mass is 9.65. The first-order valence-corrected chi connectivity index (χ1v) is 14.3. The summed E-state index contributed by atoms with van der Waals surface area (Å²) in [6.07, 6.45) is 2.82. The number of aliphatic hydroxyl groups excluding tert-OH is 1. The van der Waals surface area contributed by atoms with Gasteiger partial charge in [-0.25, -0.2) is 4.79 Å². The topological polar surface area (TPSA) is 200 Å². The van der Waals surface area contributed by atoms with Crippen molar-refractivity contribution in [2.75, 3.05) is 13.2 Å². The predicted octanol–water partition coefficient (Wildman–Crippen LogP) is 2.69. The molecule has 12 nitrogen and oxygen atoms in total. The summed E-state index contributed by atoms with van der Waals surface area (Å²) in [6.45, 7) is -0.406. The molecule has 2 bridgehead atoms. The van der Waals surface area contributed by atoms with E-state index in [0.717, 1.165) is 6.08 Å². The van der Waals surface area contributed by atoms with Crippen LogP contribution in [0.4, 0.5) is 0 Å². The molecule has 12 heteroatoms. The third-order valence-electron chi connectivity index (χ3n) is 8.64. The number of rotatable bonds is 9. The number of aliphatic carboxylic acids is 1. The second-order valence-electron chi connectivity index (χ2n) is 11.4. The van der Waals surface area contributed by atoms with Crippen LogP contribution in [0.25, 0.3) is 12.2 Å². The summed E-state index contributed by atoms with van der Waals surface area (Å²) in [5, 5.41) is 60.0. The van der Waals surface area contributed by atoms with Gasteiger partial charge in [-0.05, 0) is 73.2 Å². The summed E-state index contributed by atoms with van der Waals surface area (Å²) in [4.78, 5) is 39.1. The van der Waals surface area contributed by atoms with Crippen molar-refractivity contribution >= 4 is 29.7 Å². The molecule has 2 aromatic rings. The Kier molecular flexibility index (Phi) is 8.80. The summed E-state index contributed by atoms with van der Waals surface area (Å²) in [5.74, 6) is -4.49. The maximum Gasteiger partial charge on any atom is 0.336 e. The smallest absolute Gasteiger partial charge is 0.336 e. The molecular weight excluding hydrogens is 576 g/mol. The van der Waals surface area contributed by atoms with Gasteiger partial charge >= 0.3 is 5.97 Å². The second kappa shape index (κ2) is 12.4. The Morgan fingerprint density at radius 2 is 1.52 bits per heavy atom. The van der Waals surface area contributed by atoms with Gasteiger partial charge in [0.05, 0.1) is 12.2 Å². The zero-order valence-electron chi connectivity index (χ0n) is 23.7. The fourth-order valence-corrected chi connectivity index (χ4v) is 6.34. The number of phenols is 4. The first-order chi connectivity index (χ1) is 20.9. The van der Waals surface area contributed by atoms with Gasteiger partial charge < -0.3 is 44.8 Å². The SMILES string of the molecule is O=C(C=Cc1ccc(O)c(O)c1)COC1(C(=O)O)CC(O)C2OCCCC3(C(=O)C=Cc4ccc(O)c(O)c4)CCC1C2O3. The summed E-state index contributed by atoms with van der Waals surface area (Å²) in [6, 6.07) is 8.11. The first-order valence-electron chi connectivity index (χ1n) is 14.3. The van der Waals surface area contributed by atoms with Crippen molar-refractivity contribution in [3.8, 4) is 23.0 Å². The Morgan fingerprint density at radius 1 is 0.886 bits per heavy atom. The van der Waals surface area contributed by atoms with Gasteiger partial charge in [-0.1, -0.05) is 24.3 Å². The fourth-order valence-electron chi connectivity index (χ4n) is 6.34. The number of carbonyl (C=O) groups excluding carboxylic acids is 2. The quantitative estimate of drug-likeness (QED) is 0.179. The maximum atomic E-state index is 13.6. The van der Waals surface area contributed by atoms with Crippen LogP contribution in [0.3, 0.4) is 0 Å². The minimum Gasteiger partial charge on any atom is -0.504 e. The first kappa shape index (κ1) is 31.2. The number of carboxylic acids is 1. The zero-order chi connectivity index (χ0) is 31.6. The Bertz CT molecular complexity index is 1500. The highest BCUT2D eigenvalue weighted by Gasteiger charge is 2.64. The molecule has 0 radical (unpaired) electrons. The van der Waals surface area contributed by atoms with Gasteiger partial charge in [0.25, 0.3) is 0 Å². The number of hydrogen-bond acceptors (Lipinski definition) is 11. The molecule has 0 aromatic heterocycles. The number of aliphatic hydroxyl groups is 1. The van der Waals surface area contributed by atoms with Gasteiger partial charge in [0.15, 0.2) is 40.2 Å². The number of ether oxygens (including phenoxy) is 3. The summed E-state index contributed by atoms with van der Waals surface area (Å²) in [7, 11) is 0. The second-order valence-corrected chi connectivity index (χ2v) is 11.4. The third-order valence-corrected chi connectivity index (χ3v) is 8.64. The normalized spacial score (nSPS) is 30.1. The number of carboxylic acid groups (broad SMARTS) is 1. The van der Waals surface area contributed by atoms with Crippen LogP contribution in [0.5, 0.6) is 23.0 Å². The molecule has 2 heterocycles. The number of aromatic hydroxyl groups is 4. The fraction of sp³-hybridized carbons (Fsp3) is 0.406. The number of benzene rings is 2. The highest BCUT2D eigenvalue weighted by molar-refractivity contribution is 6.00. The maximum absolute atomic E-state index is 13.6. The van der Waals surface area contributed by atoms with Crippen molar-refractivity contribution in [2.45, 2.75) is 61.6 Å². The number of carbonyl (C=O) groups is 3. The van der Waals surface area contributed by atoms with Gasteiger partial charge in [-0.2, -0.15) is 0 Å². The number of phenolic OH excluding ortho intramolecular Hbond substituents is 4. The predicted molar refractivity (Wildman–Crippen MR) is 154 cm³/mol. The molecule has 0 spiro atoms. The number of fused-ring (bicyclic) bond motifs is 1. The van der Waals surface area contributed by atoms with E-state index in [0.29, 0.717) is 24.0 Å². The molecule has 3 fully saturated rings. The lowest BCUT2D eigenvalue weighted by molar-refractivity contribution is -0.283. The minimum absolute atomic E-state index is 0.164. The number of hydrogen-bond donors (Lipinski definition) is 6. The molecule has 44 heavy (non-hydrogen) atoms. The van der Waals surface area contributed by atoms with Crippen LogP contribution >= 0.6 is 0 Å². The van der Waals surface area contributed by atoms with E-state index >= 15 is 0 Å². The molecule has 2 saturated heterocycles. The van der Waals surface area contributed by atoms with E-state index in [1.54, 1.807) is 0 Å². The van der Waals surface area contributed by atoms with Crippen LogP contribution in [0.1, 0.15) is 43.2 Å². The average Bonchev–Trinajstić information content (AvgIpc) is 2.98. The molecule has 6 unspecified atom stereocenters. The van der Waals surface area contributed by atoms with Crippen LogP contribution < -0.4 is 0 Å². The molecule has 1 aliphatic carbocycles. The van der Waals surface area contributed by atoms with E-state index in [1.165, 1.54) is 54.6 Å². The third kappa shape index (κ3) is 6.06. The molecule has 3 aliphatic rings. The molecule has 6 N–H and O–H groups in total. The lowest BCUT2D eigenvalue weighted by Crippen LogP contribution is -2.69. The average molecular weight is 611 g/mol. The van der Waals surface area contributed by atoms with Gasteiger partial charge in [0, 0.05) is 18.9 Å². The molecule has 2 aliphatic heterocycles. The lowest BCUT2D eigenvalue weighted by Gasteiger charge is -2.56. The van der Waals surface area contributed by atoms with E-state index in [9.17, 15) is 45.0 Å². The summed E-state index contributed by atoms with van der Waals surface area (Å²) >= 11 is 0. The molecule has 1 saturated carbocycles. The van der Waals surface area contributed by atoms with E-state index < -0.39 is 53.8 Å². The largest absolute Gasteiger partial charge is 0.504 e. The van der Waals surface area contributed by atoms with Crippen LogP contribution in [0.15, 0.2) is 48.6 Å². The van der Waals surface area contributed by atoms with Crippen molar-refractivity contribution in [3.05, 3.63) is 59.7 Å². The molecule has 5 rings (SSSR count). The van der Waals surface area contributed by atoms with Crippen LogP contribution in [0, 0.1) is 5.92 Å². The van der Waals surface area contributed by atoms with Crippen LogP contribution in [-0.2, 0) is 28.6 Å². The van der Waals surface area contributed by atoms with Gasteiger partial charge in [0.2, 0.25) is 0 Å². The standard InChI is InChI=1S/C32H34O12/c33-20(6-2-18-3-7-22(34)24(36)14-18)17-43-32(30(40)41)16-26(38)29-28-21(32)10-12-31(44-28,11-1-13-42-29)27(39)9-5-19-4-8-23(35)25(37)15-19/h2-9,14-15,21,26,28-29,34-38H,1,10-13,16-17H2,(H,40,41). The van der Waals surface area contributed by atoms with E-state index in [1.807, 2.05) is 0 Å². The molecular formula is C32H34O12. The monoisotopic (exact) mass is 610 g/mol. The summed E-state index contributed by atoms with van der Waals surface area (Å²) < 4.78 is 18.2. The van der Waals surface area contributed by atoms with Crippen molar-refractivity contribution in [1.82, 2.24) is 0 Å². The minimum atomic E-state index is -2.00. The Labute approximate surface area is 252 Å². The van der Waals surface area contributed by atoms with Crippen molar-refractivity contribution in [1.29, 1.82) is 0 Å². The Morgan fingerprint density at radius 3 is 2.14 bits per heavy atom. The molecule has 2 aromatic carbocycles. The van der Waals surface area contributed by atoms with Gasteiger partial charge in [-0.15, -0.1) is 0 Å². The molecule has 234 valence electrons. The molecule has 6 atom stereocenters. The number of ketones is 2. The molecule has 0 amide bonds. The van der Waals surface area contributed by atoms with Gasteiger partial charge in [0.1, 0.15) is 18.3 Å². The summed E-state index contributed by atoms with van der Waals surface area (Å²) in [5.41, 5.74) is -2.42. The zero-order valence-corrected chi connectivity index (χ0v) is 23.7. The highest BCUT2D eigenvalue weighted by atomic mass is 16.6. The Balaban J connectivity index is 1.36. The van der Waals surface area contributed by atoms with Crippen LogP contribution in [-0.4, -0.2) is 90.9 Å². The van der Waals surface area contributed by atoms with Crippen molar-refractivity contribution < 1.29 is 59.2 Å². The van der Waals surface area contributed by atoms with Crippen molar-refractivity contribution in [2.24, 2.45) is 5.92 Å². The van der Waals surface area contributed by atoms with E-state index in [2.05, 4.69) is 0 Å². The van der Waals surface area contributed by atoms with Crippen molar-refractivity contribution in [3.63, 3.8) is 0 Å². The Hall–Kier alpha value is -4.23. The van der Waals surface area contributed by atoms with Gasteiger partial charge in [-0.3, -0.25) is 9.59 Å². The highest BCUT2D eigenvalue weighted by Crippen LogP contribution is 2.50. The van der Waals surface area contributed by atoms with E-state index in [-0.39, 0.29) is 54.7 Å². The van der Waals surface area contributed by atoms with Crippen LogP contribution in [0.2, 0.25) is 0 Å².